The predicted octanol–water partition coefficient (Wildman–Crippen LogP) is 0.332. The normalized spacial score (nSPS) is 15.2. The van der Waals surface area contributed by atoms with Gasteiger partial charge in [0.25, 0.3) is 0 Å². The summed E-state index contributed by atoms with van der Waals surface area (Å²) in [4.78, 5) is 0. The Kier molecular flexibility index (Phi) is 3.13. The Morgan fingerprint density at radius 3 is 2.20 bits per heavy atom. The SMILES string of the molecule is CC(O)[CH2][Rh]. The van der Waals surface area contributed by atoms with E-state index in [1.165, 1.54) is 0 Å². The van der Waals surface area contributed by atoms with Gasteiger partial charge in [-0.15, -0.1) is 0 Å². The molecule has 0 saturated heterocycles. The van der Waals surface area contributed by atoms with Crippen LogP contribution in [0.2, 0.25) is 5.02 Å². The van der Waals surface area contributed by atoms with Crippen molar-refractivity contribution in [1.82, 2.24) is 0 Å². The van der Waals surface area contributed by atoms with E-state index in [0.29, 0.717) is 0 Å². The Balaban J connectivity index is 2.54. The minimum absolute atomic E-state index is 0.165. The molecule has 0 aliphatic rings. The minimum atomic E-state index is -0.165. The van der Waals surface area contributed by atoms with Crippen molar-refractivity contribution in [2.75, 3.05) is 0 Å². The second-order valence-electron chi connectivity index (χ2n) is 0.985. The quantitative estimate of drug-likeness (QED) is 0.551. The molecule has 34 valence electrons. The van der Waals surface area contributed by atoms with Crippen LogP contribution in [-0.2, 0) is 18.3 Å². The Morgan fingerprint density at radius 2 is 2.20 bits per heavy atom. The van der Waals surface area contributed by atoms with E-state index in [0.717, 1.165) is 5.02 Å². The van der Waals surface area contributed by atoms with Gasteiger partial charge in [-0.25, -0.2) is 0 Å². The van der Waals surface area contributed by atoms with Gasteiger partial charge in [-0.2, -0.15) is 0 Å². The van der Waals surface area contributed by atoms with Crippen LogP contribution in [-0.4, -0.2) is 11.2 Å². The van der Waals surface area contributed by atoms with Crippen LogP contribution in [0.15, 0.2) is 0 Å². The predicted molar refractivity (Wildman–Crippen MR) is 16.5 cm³/mol. The molecule has 0 radical (unpaired) electrons. The molecule has 0 spiro atoms. The van der Waals surface area contributed by atoms with E-state index in [1.54, 1.807) is 6.92 Å². The maximum atomic E-state index is 8.33. The number of rotatable bonds is 1. The van der Waals surface area contributed by atoms with Crippen molar-refractivity contribution < 1.29 is 23.4 Å². The van der Waals surface area contributed by atoms with Crippen LogP contribution in [0.5, 0.6) is 0 Å². The fourth-order valence-corrected chi connectivity index (χ4v) is 0. The molecule has 5 heavy (non-hydrogen) atoms. The van der Waals surface area contributed by atoms with Crippen LogP contribution in [0.4, 0.5) is 0 Å². The molecule has 0 bridgehead atoms. The molecule has 0 heterocycles. The molecule has 0 rings (SSSR count). The van der Waals surface area contributed by atoms with Gasteiger partial charge in [0.1, 0.15) is 0 Å². The summed E-state index contributed by atoms with van der Waals surface area (Å²) in [6, 6.07) is 0. The van der Waals surface area contributed by atoms with Crippen LogP contribution in [0.3, 0.4) is 0 Å². The van der Waals surface area contributed by atoms with Crippen LogP contribution in [0.25, 0.3) is 0 Å². The van der Waals surface area contributed by atoms with Crippen molar-refractivity contribution in [2.24, 2.45) is 0 Å². The molecular weight excluding hydrogens is 155 g/mol. The molecule has 0 saturated carbocycles. The van der Waals surface area contributed by atoms with Crippen LogP contribution in [0.1, 0.15) is 6.92 Å². The standard InChI is InChI=1S/C3H7O.Rh/c1-3(2)4;/h3-4H,1H2,2H3;. The molecule has 0 fully saturated rings. The van der Waals surface area contributed by atoms with Crippen LogP contribution >= 0.6 is 0 Å². The summed E-state index contributed by atoms with van der Waals surface area (Å²) in [5.74, 6) is 0. The first-order valence-electron chi connectivity index (χ1n) is 1.48. The van der Waals surface area contributed by atoms with E-state index < -0.39 is 0 Å². The number of aliphatic hydroxyl groups is 1. The van der Waals surface area contributed by atoms with Crippen molar-refractivity contribution in [3.63, 3.8) is 0 Å². The molecule has 0 aromatic carbocycles. The van der Waals surface area contributed by atoms with Gasteiger partial charge in [0, 0.05) is 0 Å². The van der Waals surface area contributed by atoms with Gasteiger partial charge < -0.3 is 0 Å². The Labute approximate surface area is 42.1 Å². The third-order valence-electron chi connectivity index (χ3n) is 0.197. The maximum absolute atomic E-state index is 8.33. The monoisotopic (exact) mass is 162 g/mol. The number of hydrogen-bond donors (Lipinski definition) is 1. The Hall–Kier alpha value is 0.583. The van der Waals surface area contributed by atoms with Gasteiger partial charge in [-0.1, -0.05) is 0 Å². The summed E-state index contributed by atoms with van der Waals surface area (Å²) in [6.45, 7) is 1.75. The average Bonchev–Trinajstić information content (AvgIpc) is 1.38. The molecule has 0 aromatic heterocycles. The van der Waals surface area contributed by atoms with E-state index in [4.69, 9.17) is 5.11 Å². The van der Waals surface area contributed by atoms with Crippen molar-refractivity contribution in [2.45, 2.75) is 18.0 Å². The summed E-state index contributed by atoms with van der Waals surface area (Å²) in [7, 11) is 0. The second-order valence-corrected chi connectivity index (χ2v) is 1.65. The van der Waals surface area contributed by atoms with Gasteiger partial charge >= 0.3 is 41.5 Å². The van der Waals surface area contributed by atoms with E-state index >= 15 is 0 Å². The van der Waals surface area contributed by atoms with Crippen molar-refractivity contribution in [3.8, 4) is 0 Å². The summed E-state index contributed by atoms with van der Waals surface area (Å²) in [5, 5.41) is 9.08. The zero-order valence-electron chi connectivity index (χ0n) is 3.07. The first kappa shape index (κ1) is 5.58. The number of hydrogen-bond acceptors (Lipinski definition) is 1. The van der Waals surface area contributed by atoms with Gasteiger partial charge in [0.2, 0.25) is 0 Å². The third-order valence-corrected chi connectivity index (χ3v) is 1.17. The molecule has 0 amide bonds. The molecule has 1 nitrogen and oxygen atoms in total. The summed E-state index contributed by atoms with van der Waals surface area (Å²) >= 11 is 2.60. The van der Waals surface area contributed by atoms with E-state index in [-0.39, 0.29) is 6.10 Å². The fraction of sp³-hybridized carbons (Fsp3) is 1.00. The van der Waals surface area contributed by atoms with Crippen molar-refractivity contribution in [1.29, 1.82) is 0 Å². The van der Waals surface area contributed by atoms with E-state index in [2.05, 4.69) is 18.3 Å². The van der Waals surface area contributed by atoms with E-state index in [1.807, 2.05) is 0 Å². The first-order valence-corrected chi connectivity index (χ1v) is 2.64. The van der Waals surface area contributed by atoms with Crippen LogP contribution < -0.4 is 0 Å². The first-order chi connectivity index (χ1) is 2.27. The Bertz CT molecular complexity index is 20.9. The molecule has 2 heteroatoms. The second kappa shape index (κ2) is 2.80. The number of aliphatic hydroxyl groups excluding tert-OH is 1. The van der Waals surface area contributed by atoms with E-state index in [9.17, 15) is 0 Å². The third kappa shape index (κ3) is 4.58. The van der Waals surface area contributed by atoms with Gasteiger partial charge in [0.05, 0.1) is 0 Å². The van der Waals surface area contributed by atoms with Gasteiger partial charge in [-0.05, 0) is 0 Å². The summed E-state index contributed by atoms with van der Waals surface area (Å²) in [5.41, 5.74) is 0. The van der Waals surface area contributed by atoms with Crippen molar-refractivity contribution >= 4 is 0 Å². The summed E-state index contributed by atoms with van der Waals surface area (Å²) < 4.78 is 0. The average molecular weight is 162 g/mol. The molecule has 1 atom stereocenters. The molecule has 0 aliphatic heterocycles. The zero-order valence-corrected chi connectivity index (χ0v) is 4.70. The van der Waals surface area contributed by atoms with Gasteiger partial charge in [-0.3, -0.25) is 0 Å². The Morgan fingerprint density at radius 1 is 2.00 bits per heavy atom. The molecule has 1 N–H and O–H groups in total. The summed E-state index contributed by atoms with van der Waals surface area (Å²) in [6.07, 6.45) is -0.165. The fourth-order valence-electron chi connectivity index (χ4n) is 0. The molecule has 1 unspecified atom stereocenters. The molecule has 0 aliphatic carbocycles. The zero-order chi connectivity index (χ0) is 4.28. The molecular formula is C3H7ORh. The molecule has 0 aromatic rings. The topological polar surface area (TPSA) is 20.2 Å². The van der Waals surface area contributed by atoms with Crippen LogP contribution in [0, 0.1) is 0 Å². The van der Waals surface area contributed by atoms with Crippen molar-refractivity contribution in [3.05, 3.63) is 0 Å². The van der Waals surface area contributed by atoms with Gasteiger partial charge in [0.15, 0.2) is 0 Å².